The maximum Gasteiger partial charge on any atom is 0.0720 e. The van der Waals surface area contributed by atoms with Crippen molar-refractivity contribution in [3.05, 3.63) is 35.4 Å². The molecule has 0 radical (unpaired) electrons. The van der Waals surface area contributed by atoms with E-state index in [1.165, 1.54) is 24.0 Å². The zero-order valence-corrected chi connectivity index (χ0v) is 10.2. The van der Waals surface area contributed by atoms with Crippen LogP contribution in [0.5, 0.6) is 0 Å². The molecule has 1 N–H and O–H groups in total. The minimum absolute atomic E-state index is 0.485. The molecule has 0 heterocycles. The Balaban J connectivity index is 1.69. The van der Waals surface area contributed by atoms with Gasteiger partial charge in [-0.25, -0.2) is 0 Å². The van der Waals surface area contributed by atoms with Crippen LogP contribution >= 0.6 is 0 Å². The fraction of sp³-hybridized carbons (Fsp3) is 0.571. The van der Waals surface area contributed by atoms with Gasteiger partial charge in [0, 0.05) is 0 Å². The van der Waals surface area contributed by atoms with Crippen LogP contribution in [0.3, 0.4) is 0 Å². The highest BCUT2D eigenvalue weighted by Crippen LogP contribution is 2.30. The van der Waals surface area contributed by atoms with Gasteiger partial charge in [0.15, 0.2) is 0 Å². The summed E-state index contributed by atoms with van der Waals surface area (Å²) in [7, 11) is 2.01. The van der Waals surface area contributed by atoms with Gasteiger partial charge in [-0.15, -0.1) is 0 Å². The largest absolute Gasteiger partial charge is 0.374 e. The summed E-state index contributed by atoms with van der Waals surface area (Å²) in [5.74, 6) is 0.826. The summed E-state index contributed by atoms with van der Waals surface area (Å²) < 4.78 is 5.87. The first-order valence-corrected chi connectivity index (χ1v) is 6.09. The number of aryl methyl sites for hydroxylation is 1. The van der Waals surface area contributed by atoms with E-state index in [-0.39, 0.29) is 0 Å². The molecule has 1 aromatic rings. The summed E-state index contributed by atoms with van der Waals surface area (Å²) in [4.78, 5) is 0. The van der Waals surface area contributed by atoms with E-state index in [9.17, 15) is 0 Å². The van der Waals surface area contributed by atoms with E-state index >= 15 is 0 Å². The van der Waals surface area contributed by atoms with E-state index in [0.29, 0.717) is 6.10 Å². The van der Waals surface area contributed by atoms with Gasteiger partial charge in [-0.2, -0.15) is 0 Å². The van der Waals surface area contributed by atoms with Crippen LogP contribution in [0.4, 0.5) is 0 Å². The van der Waals surface area contributed by atoms with Crippen LogP contribution in [0, 0.1) is 12.8 Å². The number of benzene rings is 1. The quantitative estimate of drug-likeness (QED) is 0.821. The van der Waals surface area contributed by atoms with E-state index in [4.69, 9.17) is 4.74 Å². The highest BCUT2D eigenvalue weighted by molar-refractivity contribution is 5.21. The smallest absolute Gasteiger partial charge is 0.0720 e. The Morgan fingerprint density at radius 1 is 1.38 bits per heavy atom. The number of hydrogen-bond donors (Lipinski definition) is 1. The Hall–Kier alpha value is -0.860. The Kier molecular flexibility index (Phi) is 3.97. The third-order valence-corrected chi connectivity index (χ3v) is 3.25. The zero-order chi connectivity index (χ0) is 11.4. The number of rotatable bonds is 5. The monoisotopic (exact) mass is 219 g/mol. The molecule has 16 heavy (non-hydrogen) atoms. The summed E-state index contributed by atoms with van der Waals surface area (Å²) in [6, 6.07) is 8.55. The molecule has 1 fully saturated rings. The first-order valence-electron chi connectivity index (χ1n) is 6.09. The molecule has 2 nitrogen and oxygen atoms in total. The van der Waals surface area contributed by atoms with Gasteiger partial charge in [0.05, 0.1) is 12.7 Å². The third kappa shape index (κ3) is 3.06. The number of hydrogen-bond acceptors (Lipinski definition) is 2. The second kappa shape index (κ2) is 5.46. The predicted octanol–water partition coefficient (Wildman–Crippen LogP) is 2.51. The predicted molar refractivity (Wildman–Crippen MR) is 66.4 cm³/mol. The molecule has 1 aliphatic carbocycles. The highest BCUT2D eigenvalue weighted by atomic mass is 16.5. The molecule has 0 saturated heterocycles. The molecule has 0 aromatic heterocycles. The van der Waals surface area contributed by atoms with Crippen molar-refractivity contribution in [3.63, 3.8) is 0 Å². The van der Waals surface area contributed by atoms with Crippen molar-refractivity contribution in [1.29, 1.82) is 0 Å². The summed E-state index contributed by atoms with van der Waals surface area (Å²) >= 11 is 0. The lowest BCUT2D eigenvalue weighted by molar-refractivity contribution is -0.0391. The summed E-state index contributed by atoms with van der Waals surface area (Å²) in [6.07, 6.45) is 2.91. The Labute approximate surface area is 98.0 Å². The van der Waals surface area contributed by atoms with Crippen molar-refractivity contribution < 1.29 is 4.74 Å². The van der Waals surface area contributed by atoms with Gasteiger partial charge >= 0.3 is 0 Å². The molecule has 0 atom stereocenters. The maximum absolute atomic E-state index is 5.87. The lowest BCUT2D eigenvalue weighted by Gasteiger charge is -2.35. The van der Waals surface area contributed by atoms with Crippen LogP contribution in [0.15, 0.2) is 24.3 Å². The molecule has 88 valence electrons. The van der Waals surface area contributed by atoms with Crippen molar-refractivity contribution in [2.24, 2.45) is 5.92 Å². The van der Waals surface area contributed by atoms with E-state index < -0.39 is 0 Å². The third-order valence-electron chi connectivity index (χ3n) is 3.25. The molecule has 1 saturated carbocycles. The zero-order valence-electron chi connectivity index (χ0n) is 10.2. The molecular formula is C14H21NO. The normalized spacial score (nSPS) is 24.1. The minimum Gasteiger partial charge on any atom is -0.374 e. The fourth-order valence-corrected chi connectivity index (χ4v) is 2.28. The Bertz CT molecular complexity index is 331. The van der Waals surface area contributed by atoms with Gasteiger partial charge in [-0.3, -0.25) is 0 Å². The first kappa shape index (κ1) is 11.6. The minimum atomic E-state index is 0.485. The molecule has 1 aliphatic rings. The summed E-state index contributed by atoms with van der Waals surface area (Å²) in [5, 5.41) is 3.22. The van der Waals surface area contributed by atoms with Gasteiger partial charge in [0.2, 0.25) is 0 Å². The van der Waals surface area contributed by atoms with Crippen LogP contribution in [0.1, 0.15) is 24.0 Å². The van der Waals surface area contributed by atoms with E-state index in [0.717, 1.165) is 19.1 Å². The molecule has 1 aromatic carbocycles. The van der Waals surface area contributed by atoms with Crippen molar-refractivity contribution in [3.8, 4) is 0 Å². The Morgan fingerprint density at radius 3 is 2.88 bits per heavy atom. The fourth-order valence-electron chi connectivity index (χ4n) is 2.28. The number of nitrogens with one attached hydrogen (secondary N) is 1. The van der Waals surface area contributed by atoms with Crippen molar-refractivity contribution in [2.45, 2.75) is 32.5 Å². The van der Waals surface area contributed by atoms with Crippen LogP contribution in [0.25, 0.3) is 0 Å². The van der Waals surface area contributed by atoms with Gasteiger partial charge in [0.1, 0.15) is 0 Å². The average Bonchev–Trinajstić information content (AvgIpc) is 2.21. The molecule has 0 amide bonds. The van der Waals surface area contributed by atoms with Crippen LogP contribution in [-0.2, 0) is 11.3 Å². The topological polar surface area (TPSA) is 21.3 Å². The molecule has 0 unspecified atom stereocenters. The maximum atomic E-state index is 5.87. The van der Waals surface area contributed by atoms with Gasteiger partial charge in [-0.05, 0) is 44.8 Å². The average molecular weight is 219 g/mol. The van der Waals surface area contributed by atoms with Gasteiger partial charge in [-0.1, -0.05) is 29.8 Å². The summed E-state index contributed by atoms with van der Waals surface area (Å²) in [6.45, 7) is 4.01. The highest BCUT2D eigenvalue weighted by Gasteiger charge is 2.28. The van der Waals surface area contributed by atoms with Crippen LogP contribution in [-0.4, -0.2) is 19.7 Å². The second-order valence-corrected chi connectivity index (χ2v) is 4.82. The molecular weight excluding hydrogens is 198 g/mol. The molecule has 2 heteroatoms. The summed E-state index contributed by atoms with van der Waals surface area (Å²) in [5.41, 5.74) is 2.60. The lowest BCUT2D eigenvalue weighted by atomic mass is 9.82. The van der Waals surface area contributed by atoms with E-state index in [1.807, 2.05) is 7.05 Å². The van der Waals surface area contributed by atoms with E-state index in [2.05, 4.69) is 36.5 Å². The molecule has 2 rings (SSSR count). The van der Waals surface area contributed by atoms with Crippen LogP contribution in [0.2, 0.25) is 0 Å². The first-order chi connectivity index (χ1) is 7.78. The van der Waals surface area contributed by atoms with E-state index in [1.54, 1.807) is 0 Å². The molecule has 0 aliphatic heterocycles. The van der Waals surface area contributed by atoms with Gasteiger partial charge in [0.25, 0.3) is 0 Å². The SMILES string of the molecule is CNCC1CC(OCc2cccc(C)c2)C1. The number of ether oxygens (including phenoxy) is 1. The molecule has 0 bridgehead atoms. The van der Waals surface area contributed by atoms with Crippen molar-refractivity contribution in [2.75, 3.05) is 13.6 Å². The van der Waals surface area contributed by atoms with Gasteiger partial charge < -0.3 is 10.1 Å². The molecule has 0 spiro atoms. The second-order valence-electron chi connectivity index (χ2n) is 4.82. The van der Waals surface area contributed by atoms with Crippen LogP contribution < -0.4 is 5.32 Å². The van der Waals surface area contributed by atoms with Crippen molar-refractivity contribution in [1.82, 2.24) is 5.32 Å². The van der Waals surface area contributed by atoms with Crippen molar-refractivity contribution >= 4 is 0 Å². The standard InChI is InChI=1S/C14H21NO/c1-11-4-3-5-12(6-11)10-16-14-7-13(8-14)9-15-2/h3-6,13-15H,7-10H2,1-2H3. The lowest BCUT2D eigenvalue weighted by Crippen LogP contribution is -2.36. The Morgan fingerprint density at radius 2 is 2.19 bits per heavy atom.